The average Bonchev–Trinajstić information content (AvgIpc) is 2.49. The van der Waals surface area contributed by atoms with E-state index in [4.69, 9.17) is 10.8 Å². The molecule has 1 unspecified atom stereocenters. The van der Waals surface area contributed by atoms with E-state index in [0.717, 1.165) is 32.1 Å². The first-order valence-corrected chi connectivity index (χ1v) is 7.92. The standard InChI is InChI=1S/C17H26N2O2/c18-16(13-15-5-2-1-3-6-15)8-4-7-14-9-11-19(12-10-14)17(20)21/h1-3,5-6,14,16H,4,7-13,18H2,(H,20,21). The number of nitrogens with zero attached hydrogens (tertiary/aromatic N) is 1. The van der Waals surface area contributed by atoms with Crippen LogP contribution in [-0.2, 0) is 6.42 Å². The van der Waals surface area contributed by atoms with E-state index in [0.29, 0.717) is 19.0 Å². The van der Waals surface area contributed by atoms with E-state index in [-0.39, 0.29) is 6.04 Å². The molecule has 21 heavy (non-hydrogen) atoms. The van der Waals surface area contributed by atoms with Crippen molar-refractivity contribution in [3.05, 3.63) is 35.9 Å². The zero-order chi connectivity index (χ0) is 15.1. The molecular formula is C17H26N2O2. The van der Waals surface area contributed by atoms with Gasteiger partial charge < -0.3 is 15.7 Å². The number of rotatable bonds is 6. The maximum absolute atomic E-state index is 10.8. The summed E-state index contributed by atoms with van der Waals surface area (Å²) in [6, 6.07) is 10.6. The van der Waals surface area contributed by atoms with Crippen molar-refractivity contribution in [1.29, 1.82) is 0 Å². The Kier molecular flexibility index (Phi) is 6.05. The number of hydrogen-bond donors (Lipinski definition) is 2. The highest BCUT2D eigenvalue weighted by Gasteiger charge is 2.21. The first-order chi connectivity index (χ1) is 10.1. The molecule has 1 aromatic rings. The first kappa shape index (κ1) is 15.8. The van der Waals surface area contributed by atoms with E-state index in [9.17, 15) is 4.79 Å². The zero-order valence-electron chi connectivity index (χ0n) is 12.6. The van der Waals surface area contributed by atoms with Crippen molar-refractivity contribution in [3.63, 3.8) is 0 Å². The van der Waals surface area contributed by atoms with Gasteiger partial charge in [-0.05, 0) is 37.2 Å². The summed E-state index contributed by atoms with van der Waals surface area (Å²) in [7, 11) is 0. The predicted octanol–water partition coefficient (Wildman–Crippen LogP) is 3.12. The van der Waals surface area contributed by atoms with Gasteiger partial charge in [0.2, 0.25) is 0 Å². The highest BCUT2D eigenvalue weighted by atomic mass is 16.4. The number of piperidine rings is 1. The number of nitrogens with two attached hydrogens (primary N) is 1. The maximum Gasteiger partial charge on any atom is 0.407 e. The fourth-order valence-corrected chi connectivity index (χ4v) is 3.10. The van der Waals surface area contributed by atoms with Gasteiger partial charge >= 0.3 is 6.09 Å². The van der Waals surface area contributed by atoms with Gasteiger partial charge in [-0.3, -0.25) is 0 Å². The smallest absolute Gasteiger partial charge is 0.407 e. The first-order valence-electron chi connectivity index (χ1n) is 7.92. The second kappa shape index (κ2) is 8.03. The Morgan fingerprint density at radius 2 is 1.95 bits per heavy atom. The molecule has 1 atom stereocenters. The van der Waals surface area contributed by atoms with Gasteiger partial charge in [-0.1, -0.05) is 43.2 Å². The maximum atomic E-state index is 10.8. The summed E-state index contributed by atoms with van der Waals surface area (Å²) in [4.78, 5) is 12.4. The largest absolute Gasteiger partial charge is 0.465 e. The van der Waals surface area contributed by atoms with Crippen molar-refractivity contribution in [3.8, 4) is 0 Å². The molecule has 0 spiro atoms. The molecule has 4 nitrogen and oxygen atoms in total. The van der Waals surface area contributed by atoms with E-state index in [2.05, 4.69) is 24.3 Å². The molecule has 1 aromatic carbocycles. The lowest BCUT2D eigenvalue weighted by Gasteiger charge is -2.30. The van der Waals surface area contributed by atoms with Crippen molar-refractivity contribution in [2.24, 2.45) is 11.7 Å². The van der Waals surface area contributed by atoms with Gasteiger partial charge in [-0.2, -0.15) is 0 Å². The molecular weight excluding hydrogens is 264 g/mol. The lowest BCUT2D eigenvalue weighted by atomic mass is 9.90. The van der Waals surface area contributed by atoms with Crippen LogP contribution in [-0.4, -0.2) is 35.2 Å². The fourth-order valence-electron chi connectivity index (χ4n) is 3.10. The van der Waals surface area contributed by atoms with Crippen LogP contribution < -0.4 is 5.73 Å². The van der Waals surface area contributed by atoms with Crippen molar-refractivity contribution in [2.45, 2.75) is 44.6 Å². The molecule has 0 saturated carbocycles. The van der Waals surface area contributed by atoms with Crippen molar-refractivity contribution in [1.82, 2.24) is 4.90 Å². The number of likely N-dealkylation sites (tertiary alicyclic amines) is 1. The van der Waals surface area contributed by atoms with E-state index in [1.54, 1.807) is 0 Å². The molecule has 0 aromatic heterocycles. The van der Waals surface area contributed by atoms with Crippen LogP contribution in [0.5, 0.6) is 0 Å². The average molecular weight is 290 g/mol. The third-order valence-corrected chi connectivity index (χ3v) is 4.41. The normalized spacial score (nSPS) is 17.7. The monoisotopic (exact) mass is 290 g/mol. The Balaban J connectivity index is 1.60. The van der Waals surface area contributed by atoms with Crippen LogP contribution in [0.2, 0.25) is 0 Å². The van der Waals surface area contributed by atoms with Crippen LogP contribution >= 0.6 is 0 Å². The molecule has 4 heteroatoms. The van der Waals surface area contributed by atoms with Gasteiger partial charge in [0, 0.05) is 19.1 Å². The predicted molar refractivity (Wildman–Crippen MR) is 84.3 cm³/mol. The highest BCUT2D eigenvalue weighted by molar-refractivity contribution is 5.64. The van der Waals surface area contributed by atoms with Gasteiger partial charge in [0.1, 0.15) is 0 Å². The number of carbonyl (C=O) groups is 1. The van der Waals surface area contributed by atoms with E-state index in [1.165, 1.54) is 16.9 Å². The molecule has 1 saturated heterocycles. The highest BCUT2D eigenvalue weighted by Crippen LogP contribution is 2.23. The van der Waals surface area contributed by atoms with Gasteiger partial charge in [-0.25, -0.2) is 4.79 Å². The van der Waals surface area contributed by atoms with Gasteiger partial charge in [0.05, 0.1) is 0 Å². The number of benzene rings is 1. The number of hydrogen-bond acceptors (Lipinski definition) is 2. The van der Waals surface area contributed by atoms with Gasteiger partial charge in [0.25, 0.3) is 0 Å². The van der Waals surface area contributed by atoms with Crippen LogP contribution in [0.4, 0.5) is 4.79 Å². The summed E-state index contributed by atoms with van der Waals surface area (Å²) in [6.07, 6.45) is 5.53. The molecule has 1 amide bonds. The summed E-state index contributed by atoms with van der Waals surface area (Å²) in [5.41, 5.74) is 7.50. The van der Waals surface area contributed by atoms with Gasteiger partial charge in [0.15, 0.2) is 0 Å². The Morgan fingerprint density at radius 3 is 2.57 bits per heavy atom. The Hall–Kier alpha value is -1.55. The minimum absolute atomic E-state index is 0.228. The van der Waals surface area contributed by atoms with Crippen LogP contribution in [0.25, 0.3) is 0 Å². The summed E-state index contributed by atoms with van der Waals surface area (Å²) >= 11 is 0. The van der Waals surface area contributed by atoms with Crippen LogP contribution in [0.3, 0.4) is 0 Å². The van der Waals surface area contributed by atoms with Crippen LogP contribution in [0.1, 0.15) is 37.7 Å². The molecule has 1 aliphatic rings. The Morgan fingerprint density at radius 1 is 1.29 bits per heavy atom. The molecule has 0 radical (unpaired) electrons. The van der Waals surface area contributed by atoms with Crippen LogP contribution in [0, 0.1) is 5.92 Å². The van der Waals surface area contributed by atoms with E-state index >= 15 is 0 Å². The topological polar surface area (TPSA) is 66.6 Å². The third-order valence-electron chi connectivity index (χ3n) is 4.41. The molecule has 116 valence electrons. The van der Waals surface area contributed by atoms with Crippen molar-refractivity contribution in [2.75, 3.05) is 13.1 Å². The van der Waals surface area contributed by atoms with Crippen LogP contribution in [0.15, 0.2) is 30.3 Å². The van der Waals surface area contributed by atoms with E-state index in [1.807, 2.05) is 6.07 Å². The fraction of sp³-hybridized carbons (Fsp3) is 0.588. The van der Waals surface area contributed by atoms with Crippen molar-refractivity contribution < 1.29 is 9.90 Å². The molecule has 3 N–H and O–H groups in total. The summed E-state index contributed by atoms with van der Waals surface area (Å²) in [6.45, 7) is 1.38. The molecule has 0 aliphatic carbocycles. The number of carboxylic acid groups (broad SMARTS) is 1. The van der Waals surface area contributed by atoms with Gasteiger partial charge in [-0.15, -0.1) is 0 Å². The molecule has 2 rings (SSSR count). The SMILES string of the molecule is NC(CCCC1CCN(C(=O)O)CC1)Cc1ccccc1. The third kappa shape index (κ3) is 5.38. The summed E-state index contributed by atoms with van der Waals surface area (Å²) < 4.78 is 0. The second-order valence-corrected chi connectivity index (χ2v) is 6.09. The minimum Gasteiger partial charge on any atom is -0.465 e. The van der Waals surface area contributed by atoms with Crippen molar-refractivity contribution >= 4 is 6.09 Å². The second-order valence-electron chi connectivity index (χ2n) is 6.09. The zero-order valence-corrected chi connectivity index (χ0v) is 12.6. The Bertz CT molecular complexity index is 428. The summed E-state index contributed by atoms with van der Waals surface area (Å²) in [5, 5.41) is 8.92. The Labute approximate surface area is 126 Å². The minimum atomic E-state index is -0.779. The van der Waals surface area contributed by atoms with E-state index < -0.39 is 6.09 Å². The molecule has 0 bridgehead atoms. The quantitative estimate of drug-likeness (QED) is 0.846. The molecule has 1 heterocycles. The molecule has 1 aliphatic heterocycles. The lowest BCUT2D eigenvalue weighted by molar-refractivity contribution is 0.122. The molecule has 1 fully saturated rings. The number of amides is 1. The summed E-state index contributed by atoms with van der Waals surface area (Å²) in [5.74, 6) is 0.671. The lowest BCUT2D eigenvalue weighted by Crippen LogP contribution is -2.37.